The quantitative estimate of drug-likeness (QED) is 0.524. The first-order chi connectivity index (χ1) is 16.8. The second-order valence-electron chi connectivity index (χ2n) is 10.1. The fourth-order valence-corrected chi connectivity index (χ4v) is 5.80. The van der Waals surface area contributed by atoms with Crippen LogP contribution in [0.3, 0.4) is 0 Å². The zero-order valence-electron chi connectivity index (χ0n) is 20.3. The van der Waals surface area contributed by atoms with Gasteiger partial charge in [0.25, 0.3) is 0 Å². The SMILES string of the molecule is C[C@@H]1C[C@@]2(CCN1Cc1ccccc1)C(NC1CCC(F)(F)CC1)=NC(=O)N2c1cccc(F)c1.Cl. The minimum absolute atomic E-state index is 0. The normalized spacial score (nSPS) is 26.6. The van der Waals surface area contributed by atoms with Crippen molar-refractivity contribution in [3.63, 3.8) is 0 Å². The van der Waals surface area contributed by atoms with E-state index in [4.69, 9.17) is 0 Å². The van der Waals surface area contributed by atoms with Crippen molar-refractivity contribution in [1.82, 2.24) is 10.2 Å². The number of nitrogens with one attached hydrogen (secondary N) is 1. The van der Waals surface area contributed by atoms with Crippen LogP contribution < -0.4 is 10.2 Å². The molecule has 1 aliphatic carbocycles. The summed E-state index contributed by atoms with van der Waals surface area (Å²) in [6.45, 7) is 3.65. The first kappa shape index (κ1) is 26.5. The van der Waals surface area contributed by atoms with Crippen LogP contribution >= 0.6 is 12.4 Å². The molecule has 2 amide bonds. The first-order valence-corrected chi connectivity index (χ1v) is 12.4. The number of anilines is 1. The summed E-state index contributed by atoms with van der Waals surface area (Å²) in [7, 11) is 0. The van der Waals surface area contributed by atoms with E-state index in [-0.39, 0.29) is 37.3 Å². The van der Waals surface area contributed by atoms with Crippen molar-refractivity contribution >= 4 is 30.0 Å². The highest BCUT2D eigenvalue weighted by molar-refractivity contribution is 6.16. The van der Waals surface area contributed by atoms with Crippen molar-refractivity contribution in [3.05, 3.63) is 66.0 Å². The number of hydrogen-bond acceptors (Lipinski definition) is 3. The number of carbonyl (C=O) groups is 1. The van der Waals surface area contributed by atoms with E-state index in [9.17, 15) is 18.0 Å². The minimum atomic E-state index is -2.63. The van der Waals surface area contributed by atoms with Crippen LogP contribution in [0.15, 0.2) is 59.6 Å². The van der Waals surface area contributed by atoms with Crippen molar-refractivity contribution < 1.29 is 18.0 Å². The van der Waals surface area contributed by atoms with Crippen molar-refractivity contribution in [2.45, 2.75) is 75.5 Å². The summed E-state index contributed by atoms with van der Waals surface area (Å²) < 4.78 is 41.6. The number of nitrogens with zero attached hydrogens (tertiary/aromatic N) is 3. The van der Waals surface area contributed by atoms with Gasteiger partial charge in [-0.25, -0.2) is 18.0 Å². The predicted molar refractivity (Wildman–Crippen MR) is 138 cm³/mol. The average Bonchev–Trinajstić information content (AvgIpc) is 3.08. The number of piperidine rings is 1. The van der Waals surface area contributed by atoms with Crippen molar-refractivity contribution in [2.24, 2.45) is 4.99 Å². The number of urea groups is 1. The summed E-state index contributed by atoms with van der Waals surface area (Å²) >= 11 is 0. The molecule has 0 bridgehead atoms. The second-order valence-corrected chi connectivity index (χ2v) is 10.1. The molecule has 3 aliphatic rings. The molecule has 0 aromatic heterocycles. The Balaban J connectivity index is 0.00000304. The summed E-state index contributed by atoms with van der Waals surface area (Å²) in [6.07, 6.45) is 1.53. The van der Waals surface area contributed by atoms with E-state index in [0.29, 0.717) is 37.2 Å². The molecule has 1 spiro atoms. The number of carbonyl (C=O) groups excluding carboxylic acids is 1. The number of halogens is 4. The second kappa shape index (κ2) is 10.4. The molecule has 194 valence electrons. The Morgan fingerprint density at radius 2 is 1.78 bits per heavy atom. The number of rotatable bonds is 4. The zero-order chi connectivity index (χ0) is 24.6. The Labute approximate surface area is 216 Å². The predicted octanol–water partition coefficient (Wildman–Crippen LogP) is 6.18. The van der Waals surface area contributed by atoms with Gasteiger partial charge in [0.05, 0.1) is 0 Å². The zero-order valence-corrected chi connectivity index (χ0v) is 21.1. The third-order valence-corrected chi connectivity index (χ3v) is 7.69. The monoisotopic (exact) mass is 520 g/mol. The molecule has 36 heavy (non-hydrogen) atoms. The summed E-state index contributed by atoms with van der Waals surface area (Å²) in [5, 5.41) is 3.39. The number of likely N-dealkylation sites (tertiary alicyclic amines) is 1. The van der Waals surface area contributed by atoms with Gasteiger partial charge in [0.15, 0.2) is 0 Å². The molecule has 2 fully saturated rings. The van der Waals surface area contributed by atoms with Crippen LogP contribution in [0.1, 0.15) is 51.0 Å². The van der Waals surface area contributed by atoms with Gasteiger partial charge < -0.3 is 5.32 Å². The number of benzene rings is 2. The van der Waals surface area contributed by atoms with Gasteiger partial charge in [0, 0.05) is 43.7 Å². The van der Waals surface area contributed by atoms with E-state index in [2.05, 4.69) is 34.3 Å². The molecule has 1 N–H and O–H groups in total. The lowest BCUT2D eigenvalue weighted by molar-refractivity contribution is -0.0391. The Kier molecular flexibility index (Phi) is 7.67. The van der Waals surface area contributed by atoms with Crippen molar-refractivity contribution in [1.29, 1.82) is 0 Å². The number of hydrogen-bond donors (Lipinski definition) is 1. The van der Waals surface area contributed by atoms with Crippen molar-refractivity contribution in [2.75, 3.05) is 11.4 Å². The molecular formula is C27H32ClF3N4O. The van der Waals surface area contributed by atoms with Crippen LogP contribution in [0.25, 0.3) is 0 Å². The summed E-state index contributed by atoms with van der Waals surface area (Å²) in [5.41, 5.74) is 0.918. The summed E-state index contributed by atoms with van der Waals surface area (Å²) in [5.74, 6) is -2.52. The number of amidine groups is 1. The van der Waals surface area contributed by atoms with E-state index < -0.39 is 23.3 Å². The smallest absolute Gasteiger partial charge is 0.350 e. The van der Waals surface area contributed by atoms with E-state index in [0.717, 1.165) is 13.1 Å². The van der Waals surface area contributed by atoms with Crippen LogP contribution in [0.5, 0.6) is 0 Å². The lowest BCUT2D eigenvalue weighted by Gasteiger charge is -2.48. The van der Waals surface area contributed by atoms with Gasteiger partial charge in [0.1, 0.15) is 17.2 Å². The molecule has 1 saturated heterocycles. The molecule has 2 aliphatic heterocycles. The molecule has 2 aromatic carbocycles. The molecule has 2 aromatic rings. The Hall–Kier alpha value is -2.58. The van der Waals surface area contributed by atoms with Crippen LogP contribution in [0.2, 0.25) is 0 Å². The van der Waals surface area contributed by atoms with E-state index in [1.165, 1.54) is 17.7 Å². The van der Waals surface area contributed by atoms with Gasteiger partial charge in [-0.15, -0.1) is 12.4 Å². The molecule has 0 radical (unpaired) electrons. The standard InChI is InChI=1S/C27H31F3N4O.ClH/c1-19-17-26(14-15-33(19)18-20-6-3-2-4-7-20)24(31-22-10-12-27(29,30)13-11-22)32-25(35)34(26)23-9-5-8-21(28)16-23;/h2-9,16,19,22H,10-15,17-18H2,1H3,(H,31,32,35);1H/t19-,26+;/m1./s1. The lowest BCUT2D eigenvalue weighted by atomic mass is 9.80. The molecule has 0 unspecified atom stereocenters. The number of amides is 2. The van der Waals surface area contributed by atoms with Gasteiger partial charge >= 0.3 is 6.03 Å². The number of alkyl halides is 2. The first-order valence-electron chi connectivity index (χ1n) is 12.4. The fourth-order valence-electron chi connectivity index (χ4n) is 5.80. The topological polar surface area (TPSA) is 47.9 Å². The average molecular weight is 521 g/mol. The van der Waals surface area contributed by atoms with Gasteiger partial charge in [-0.3, -0.25) is 9.80 Å². The molecular weight excluding hydrogens is 489 g/mol. The maximum atomic E-state index is 14.2. The largest absolute Gasteiger partial charge is 0.369 e. The van der Waals surface area contributed by atoms with Crippen LogP contribution in [-0.4, -0.2) is 46.9 Å². The maximum Gasteiger partial charge on any atom is 0.350 e. The number of aliphatic imine (C=N–C) groups is 1. The molecule has 9 heteroatoms. The third-order valence-electron chi connectivity index (χ3n) is 7.69. The maximum absolute atomic E-state index is 14.2. The Morgan fingerprint density at radius 3 is 2.44 bits per heavy atom. The fraction of sp³-hybridized carbons (Fsp3) is 0.481. The molecule has 5 rings (SSSR count). The third kappa shape index (κ3) is 5.25. The highest BCUT2D eigenvalue weighted by atomic mass is 35.5. The lowest BCUT2D eigenvalue weighted by Crippen LogP contribution is -2.64. The van der Waals surface area contributed by atoms with Gasteiger partial charge in [-0.2, -0.15) is 4.99 Å². The van der Waals surface area contributed by atoms with Crippen molar-refractivity contribution in [3.8, 4) is 0 Å². The molecule has 1 saturated carbocycles. The van der Waals surface area contributed by atoms with Crippen LogP contribution in [-0.2, 0) is 6.54 Å². The Bertz CT molecular complexity index is 1110. The highest BCUT2D eigenvalue weighted by Gasteiger charge is 2.54. The van der Waals surface area contributed by atoms with Gasteiger partial charge in [0.2, 0.25) is 5.92 Å². The van der Waals surface area contributed by atoms with Gasteiger partial charge in [-0.05, 0) is 56.4 Å². The minimum Gasteiger partial charge on any atom is -0.369 e. The van der Waals surface area contributed by atoms with E-state index in [1.807, 2.05) is 18.2 Å². The Morgan fingerprint density at radius 1 is 1.06 bits per heavy atom. The molecule has 2 atom stereocenters. The highest BCUT2D eigenvalue weighted by Crippen LogP contribution is 2.42. The molecule has 2 heterocycles. The van der Waals surface area contributed by atoms with E-state index >= 15 is 0 Å². The van der Waals surface area contributed by atoms with Gasteiger partial charge in [-0.1, -0.05) is 36.4 Å². The summed E-state index contributed by atoms with van der Waals surface area (Å²) in [6, 6.07) is 15.8. The van der Waals surface area contributed by atoms with E-state index in [1.54, 1.807) is 17.0 Å². The van der Waals surface area contributed by atoms with Crippen LogP contribution in [0.4, 0.5) is 23.7 Å². The summed E-state index contributed by atoms with van der Waals surface area (Å²) in [4.78, 5) is 21.6. The van der Waals surface area contributed by atoms with Crippen LogP contribution in [0, 0.1) is 5.82 Å². The molecule has 5 nitrogen and oxygen atoms in total.